The van der Waals surface area contributed by atoms with E-state index in [-0.39, 0.29) is 16.4 Å². The number of nitrogens with zero attached hydrogens (tertiary/aromatic N) is 2. The van der Waals surface area contributed by atoms with Gasteiger partial charge in [0.15, 0.2) is 0 Å². The van der Waals surface area contributed by atoms with Gasteiger partial charge in [0.05, 0.1) is 11.1 Å². The van der Waals surface area contributed by atoms with E-state index in [0.29, 0.717) is 0 Å². The Morgan fingerprint density at radius 2 is 2.05 bits per heavy atom. The van der Waals surface area contributed by atoms with Crippen molar-refractivity contribution in [3.05, 3.63) is 39.7 Å². The van der Waals surface area contributed by atoms with Gasteiger partial charge in [0.25, 0.3) is 5.91 Å². The minimum atomic E-state index is -4.65. The van der Waals surface area contributed by atoms with E-state index in [9.17, 15) is 18.0 Å². The normalized spacial score (nSPS) is 11.4. The summed E-state index contributed by atoms with van der Waals surface area (Å²) >= 11 is 2.94. The van der Waals surface area contributed by atoms with E-state index >= 15 is 0 Å². The molecule has 9 heteroatoms. The van der Waals surface area contributed by atoms with Crippen LogP contribution in [-0.2, 0) is 6.18 Å². The van der Waals surface area contributed by atoms with Gasteiger partial charge in [-0.15, -0.1) is 5.10 Å². The second kappa shape index (κ2) is 5.23. The molecule has 0 saturated heterocycles. The smallest absolute Gasteiger partial charge is 0.408 e. The van der Waals surface area contributed by atoms with Crippen molar-refractivity contribution in [2.75, 3.05) is 5.32 Å². The molecule has 106 valence electrons. The first kappa shape index (κ1) is 14.5. The van der Waals surface area contributed by atoms with Crippen LogP contribution in [0.15, 0.2) is 27.1 Å². The number of aryl methyl sites for hydroxylation is 1. The molecule has 0 bridgehead atoms. The molecule has 0 unspecified atom stereocenters. The number of aromatic nitrogens is 2. The molecule has 2 rings (SSSR count). The fraction of sp³-hybridized carbons (Fsp3) is 0.182. The quantitative estimate of drug-likeness (QED) is 0.901. The lowest BCUT2D eigenvalue weighted by Gasteiger charge is -2.12. The summed E-state index contributed by atoms with van der Waals surface area (Å²) in [5.74, 6) is -0.791. The molecular weight excluding hydrogens is 343 g/mol. The van der Waals surface area contributed by atoms with E-state index in [1.165, 1.54) is 13.0 Å². The summed E-state index contributed by atoms with van der Waals surface area (Å²) in [4.78, 5) is 11.8. The van der Waals surface area contributed by atoms with Gasteiger partial charge in [-0.25, -0.2) is 0 Å². The van der Waals surface area contributed by atoms with Gasteiger partial charge >= 0.3 is 12.2 Å². The molecule has 1 aromatic carbocycles. The monoisotopic (exact) mass is 349 g/mol. The molecule has 0 saturated carbocycles. The number of benzene rings is 1. The third-order valence-corrected chi connectivity index (χ3v) is 2.77. The van der Waals surface area contributed by atoms with Gasteiger partial charge in [0.1, 0.15) is 0 Å². The number of alkyl halides is 3. The zero-order valence-electron chi connectivity index (χ0n) is 9.95. The van der Waals surface area contributed by atoms with Gasteiger partial charge in [0.2, 0.25) is 5.89 Å². The van der Waals surface area contributed by atoms with E-state index < -0.39 is 23.2 Å². The predicted molar refractivity (Wildman–Crippen MR) is 66.1 cm³/mol. The summed E-state index contributed by atoms with van der Waals surface area (Å²) < 4.78 is 43.7. The number of nitrogens with one attached hydrogen (secondary N) is 1. The summed E-state index contributed by atoms with van der Waals surface area (Å²) in [6.07, 6.45) is -4.65. The first-order valence-corrected chi connectivity index (χ1v) is 6.05. The predicted octanol–water partition coefficient (Wildman–Crippen LogP) is 3.41. The van der Waals surface area contributed by atoms with Crippen molar-refractivity contribution in [2.24, 2.45) is 0 Å². The van der Waals surface area contributed by atoms with Crippen molar-refractivity contribution in [1.82, 2.24) is 10.2 Å². The van der Waals surface area contributed by atoms with Gasteiger partial charge in [0, 0.05) is 11.4 Å². The van der Waals surface area contributed by atoms with Crippen molar-refractivity contribution in [3.8, 4) is 0 Å². The number of hydrogen-bond acceptors (Lipinski definition) is 4. The van der Waals surface area contributed by atoms with Crippen LogP contribution in [0.4, 0.5) is 19.2 Å². The Balaban J connectivity index is 2.34. The highest BCUT2D eigenvalue weighted by Crippen LogP contribution is 2.34. The second-order valence-corrected chi connectivity index (χ2v) is 4.68. The van der Waals surface area contributed by atoms with Crippen LogP contribution in [0.1, 0.15) is 21.8 Å². The molecule has 20 heavy (non-hydrogen) atoms. The average Bonchev–Trinajstić information content (AvgIpc) is 2.73. The Labute approximate surface area is 119 Å². The van der Waals surface area contributed by atoms with Crippen molar-refractivity contribution < 1.29 is 22.4 Å². The summed E-state index contributed by atoms with van der Waals surface area (Å²) in [5.41, 5.74) is -1.59. The molecule has 0 radical (unpaired) electrons. The maximum atomic E-state index is 12.9. The Morgan fingerprint density at radius 3 is 2.60 bits per heavy atom. The molecule has 0 aliphatic carbocycles. The van der Waals surface area contributed by atoms with Crippen LogP contribution < -0.4 is 5.32 Å². The molecule has 0 aliphatic heterocycles. The second-order valence-electron chi connectivity index (χ2n) is 3.77. The molecule has 0 fully saturated rings. The lowest BCUT2D eigenvalue weighted by Crippen LogP contribution is -2.19. The van der Waals surface area contributed by atoms with Crippen LogP contribution in [-0.4, -0.2) is 16.1 Å². The third kappa shape index (κ3) is 3.16. The fourth-order valence-corrected chi connectivity index (χ4v) is 1.82. The third-order valence-electron chi connectivity index (χ3n) is 2.28. The van der Waals surface area contributed by atoms with Gasteiger partial charge in [-0.2, -0.15) is 13.2 Å². The van der Waals surface area contributed by atoms with Crippen molar-refractivity contribution in [3.63, 3.8) is 0 Å². The molecular formula is C11H7BrF3N3O2. The number of amides is 1. The molecule has 0 aliphatic rings. The van der Waals surface area contributed by atoms with Gasteiger partial charge in [-0.05, 0) is 18.2 Å². The molecule has 0 spiro atoms. The zero-order chi connectivity index (χ0) is 14.9. The summed E-state index contributed by atoms with van der Waals surface area (Å²) in [5, 5.41) is 9.06. The standard InChI is InChI=1S/C11H7BrF3N3O2/c1-5-17-18-10(20-5)16-9(19)7-3-2-6(12)4-8(7)11(13,14)15/h2-4H,1H3,(H,16,18,19). The van der Waals surface area contributed by atoms with E-state index in [1.54, 1.807) is 0 Å². The number of carbonyl (C=O) groups is 1. The molecule has 0 atom stereocenters. The van der Waals surface area contributed by atoms with Crippen LogP contribution in [0.3, 0.4) is 0 Å². The highest BCUT2D eigenvalue weighted by Gasteiger charge is 2.35. The molecule has 1 N–H and O–H groups in total. The van der Waals surface area contributed by atoms with Gasteiger partial charge in [-0.1, -0.05) is 21.0 Å². The minimum Gasteiger partial charge on any atom is -0.408 e. The number of halogens is 4. The first-order chi connectivity index (χ1) is 9.27. The van der Waals surface area contributed by atoms with E-state index in [4.69, 9.17) is 4.42 Å². The Bertz CT molecular complexity index is 655. The van der Waals surface area contributed by atoms with Crippen LogP contribution in [0.25, 0.3) is 0 Å². The van der Waals surface area contributed by atoms with Crippen LogP contribution in [0, 0.1) is 6.92 Å². The number of rotatable bonds is 2. The van der Waals surface area contributed by atoms with Crippen molar-refractivity contribution >= 4 is 27.9 Å². The lowest BCUT2D eigenvalue weighted by atomic mass is 10.1. The van der Waals surface area contributed by atoms with Gasteiger partial charge in [-0.3, -0.25) is 10.1 Å². The highest BCUT2D eigenvalue weighted by molar-refractivity contribution is 9.10. The molecule has 1 aromatic heterocycles. The fourth-order valence-electron chi connectivity index (χ4n) is 1.46. The SMILES string of the molecule is Cc1nnc(NC(=O)c2ccc(Br)cc2C(F)(F)F)o1. The van der Waals surface area contributed by atoms with Crippen LogP contribution in [0.5, 0.6) is 0 Å². The maximum Gasteiger partial charge on any atom is 0.417 e. The van der Waals surface area contributed by atoms with Gasteiger partial charge < -0.3 is 4.42 Å². The van der Waals surface area contributed by atoms with Crippen molar-refractivity contribution in [1.29, 1.82) is 0 Å². The molecule has 1 heterocycles. The summed E-state index contributed by atoms with van der Waals surface area (Å²) in [6, 6.07) is 2.96. The summed E-state index contributed by atoms with van der Waals surface area (Å²) in [6.45, 7) is 1.49. The Kier molecular flexibility index (Phi) is 3.80. The zero-order valence-corrected chi connectivity index (χ0v) is 11.5. The maximum absolute atomic E-state index is 12.9. The Morgan fingerprint density at radius 1 is 1.35 bits per heavy atom. The first-order valence-electron chi connectivity index (χ1n) is 5.25. The van der Waals surface area contributed by atoms with Crippen molar-refractivity contribution in [2.45, 2.75) is 13.1 Å². The van der Waals surface area contributed by atoms with E-state index in [2.05, 4.69) is 31.4 Å². The van der Waals surface area contributed by atoms with E-state index in [1.807, 2.05) is 0 Å². The highest BCUT2D eigenvalue weighted by atomic mass is 79.9. The van der Waals surface area contributed by atoms with Crippen LogP contribution in [0.2, 0.25) is 0 Å². The minimum absolute atomic E-state index is 0.187. The van der Waals surface area contributed by atoms with E-state index in [0.717, 1.165) is 12.1 Å². The molecule has 1 amide bonds. The van der Waals surface area contributed by atoms with Crippen LogP contribution >= 0.6 is 15.9 Å². The largest absolute Gasteiger partial charge is 0.417 e. The number of hydrogen-bond donors (Lipinski definition) is 1. The Hall–Kier alpha value is -1.90. The number of anilines is 1. The average molecular weight is 350 g/mol. The molecule has 5 nitrogen and oxygen atoms in total. The number of carbonyl (C=O) groups excluding carboxylic acids is 1. The topological polar surface area (TPSA) is 68.0 Å². The summed E-state index contributed by atoms with van der Waals surface area (Å²) in [7, 11) is 0. The molecule has 2 aromatic rings. The lowest BCUT2D eigenvalue weighted by molar-refractivity contribution is -0.137.